The van der Waals surface area contributed by atoms with Gasteiger partial charge < -0.3 is 11.1 Å². The number of aromatic nitrogens is 2. The fourth-order valence-electron chi connectivity index (χ4n) is 4.43. The molecule has 3 N–H and O–H groups in total. The van der Waals surface area contributed by atoms with Gasteiger partial charge in [-0.3, -0.25) is 9.78 Å². The Labute approximate surface area is 183 Å². The maximum Gasteiger partial charge on any atom is 0.274 e. The first kappa shape index (κ1) is 22.0. The highest BCUT2D eigenvalue weighted by Gasteiger charge is 2.28. The fourth-order valence-corrected chi connectivity index (χ4v) is 4.43. The number of nitrogens with one attached hydrogen (secondary N) is 1. The van der Waals surface area contributed by atoms with Gasteiger partial charge in [0.2, 0.25) is 0 Å². The van der Waals surface area contributed by atoms with Crippen LogP contribution in [0.1, 0.15) is 48.2 Å². The van der Waals surface area contributed by atoms with Crippen LogP contribution in [0, 0.1) is 23.4 Å². The van der Waals surface area contributed by atoms with E-state index < -0.39 is 34.6 Å². The summed E-state index contributed by atoms with van der Waals surface area (Å²) in [5, 5.41) is 2.77. The average Bonchev–Trinajstić information content (AvgIpc) is 2.74. The van der Waals surface area contributed by atoms with Crippen LogP contribution in [0.4, 0.5) is 18.9 Å². The van der Waals surface area contributed by atoms with Crippen molar-refractivity contribution in [3.8, 4) is 11.3 Å². The van der Waals surface area contributed by atoms with Gasteiger partial charge in [-0.1, -0.05) is 13.0 Å². The van der Waals surface area contributed by atoms with Gasteiger partial charge in [0.25, 0.3) is 5.91 Å². The molecule has 2 aromatic heterocycles. The topological polar surface area (TPSA) is 80.9 Å². The molecular formula is C24H23F3N4O. The van der Waals surface area contributed by atoms with E-state index in [4.69, 9.17) is 5.73 Å². The Morgan fingerprint density at radius 3 is 2.50 bits per heavy atom. The van der Waals surface area contributed by atoms with Gasteiger partial charge in [-0.2, -0.15) is 0 Å². The largest absolute Gasteiger partial charge is 0.328 e. The normalized spacial score (nSPS) is 20.7. The molecule has 3 aromatic rings. The summed E-state index contributed by atoms with van der Waals surface area (Å²) in [4.78, 5) is 20.9. The van der Waals surface area contributed by atoms with E-state index in [1.54, 1.807) is 12.4 Å². The SMILES string of the molecule is C[C@@H]1C[C@H](N)C[C@@H](c2ccncc2NC(=O)c2ccc(F)c(-c3c(F)cccc3F)n2)C1. The number of pyridine rings is 2. The summed E-state index contributed by atoms with van der Waals surface area (Å²) in [5.74, 6) is -2.88. The summed E-state index contributed by atoms with van der Waals surface area (Å²) < 4.78 is 42.6. The van der Waals surface area contributed by atoms with Crippen LogP contribution in [0.25, 0.3) is 11.3 Å². The van der Waals surface area contributed by atoms with E-state index in [2.05, 4.69) is 22.2 Å². The summed E-state index contributed by atoms with van der Waals surface area (Å²) in [6.45, 7) is 2.15. The highest BCUT2D eigenvalue weighted by atomic mass is 19.1. The minimum atomic E-state index is -0.966. The number of benzene rings is 1. The standard InChI is InChI=1S/C24H23F3N4O/c1-13-9-14(11-15(28)10-13)16-7-8-29-12-21(16)31-24(32)20-6-5-19(27)23(30-20)22-17(25)3-2-4-18(22)26/h2-8,12-15H,9-11,28H2,1H3,(H,31,32)/t13-,14-,15-/m0/s1. The van der Waals surface area contributed by atoms with Crippen LogP contribution in [-0.2, 0) is 0 Å². The minimum absolute atomic E-state index is 0.0810. The van der Waals surface area contributed by atoms with Crippen LogP contribution in [0.3, 0.4) is 0 Å². The van der Waals surface area contributed by atoms with E-state index in [0.717, 1.165) is 43.0 Å². The molecule has 166 valence electrons. The molecule has 8 heteroatoms. The van der Waals surface area contributed by atoms with Gasteiger partial charge in [-0.25, -0.2) is 18.2 Å². The Bertz CT molecular complexity index is 1120. The Hall–Kier alpha value is -3.26. The van der Waals surface area contributed by atoms with Crippen LogP contribution < -0.4 is 11.1 Å². The summed E-state index contributed by atoms with van der Waals surface area (Å²) >= 11 is 0. The van der Waals surface area contributed by atoms with Crippen molar-refractivity contribution in [1.29, 1.82) is 0 Å². The van der Waals surface area contributed by atoms with Crippen molar-refractivity contribution < 1.29 is 18.0 Å². The quantitative estimate of drug-likeness (QED) is 0.595. The van der Waals surface area contributed by atoms with Crippen molar-refractivity contribution in [2.24, 2.45) is 11.7 Å². The molecule has 2 heterocycles. The maximum absolute atomic E-state index is 14.3. The molecular weight excluding hydrogens is 417 g/mol. The first-order valence-corrected chi connectivity index (χ1v) is 10.4. The molecule has 0 saturated heterocycles. The van der Waals surface area contributed by atoms with Crippen molar-refractivity contribution >= 4 is 11.6 Å². The third-order valence-corrected chi connectivity index (χ3v) is 5.80. The highest BCUT2D eigenvalue weighted by Crippen LogP contribution is 2.38. The molecule has 0 bridgehead atoms. The lowest BCUT2D eigenvalue weighted by molar-refractivity contribution is 0.102. The predicted octanol–water partition coefficient (Wildman–Crippen LogP) is 5.04. The number of anilines is 1. The predicted molar refractivity (Wildman–Crippen MR) is 115 cm³/mol. The Kier molecular flexibility index (Phi) is 6.23. The molecule has 1 fully saturated rings. The van der Waals surface area contributed by atoms with Gasteiger partial charge in [0.15, 0.2) is 0 Å². The number of amides is 1. The monoisotopic (exact) mass is 440 g/mol. The second-order valence-corrected chi connectivity index (χ2v) is 8.31. The number of hydrogen-bond acceptors (Lipinski definition) is 4. The van der Waals surface area contributed by atoms with E-state index >= 15 is 0 Å². The molecule has 1 amide bonds. The van der Waals surface area contributed by atoms with E-state index in [1.807, 2.05) is 6.07 Å². The summed E-state index contributed by atoms with van der Waals surface area (Å²) in [6.07, 6.45) is 5.89. The number of nitrogens with two attached hydrogens (primary N) is 1. The van der Waals surface area contributed by atoms with E-state index in [1.165, 1.54) is 12.1 Å². The molecule has 1 aliphatic carbocycles. The number of carbonyl (C=O) groups excluding carboxylic acids is 1. The van der Waals surface area contributed by atoms with Gasteiger partial charge in [0.1, 0.15) is 28.8 Å². The zero-order valence-corrected chi connectivity index (χ0v) is 17.5. The third kappa shape index (κ3) is 4.50. The first-order valence-electron chi connectivity index (χ1n) is 10.4. The minimum Gasteiger partial charge on any atom is -0.328 e. The molecule has 1 saturated carbocycles. The summed E-state index contributed by atoms with van der Waals surface area (Å²) in [6, 6.07) is 7.25. The van der Waals surface area contributed by atoms with Crippen molar-refractivity contribution in [3.63, 3.8) is 0 Å². The Balaban J connectivity index is 1.64. The first-order chi connectivity index (χ1) is 15.3. The molecule has 5 nitrogen and oxygen atoms in total. The van der Waals surface area contributed by atoms with Gasteiger partial charge >= 0.3 is 0 Å². The molecule has 0 radical (unpaired) electrons. The van der Waals surface area contributed by atoms with Gasteiger partial charge in [0.05, 0.1) is 17.4 Å². The zero-order chi connectivity index (χ0) is 22.8. The molecule has 1 aromatic carbocycles. The maximum atomic E-state index is 14.3. The lowest BCUT2D eigenvalue weighted by Gasteiger charge is -2.32. The van der Waals surface area contributed by atoms with Gasteiger partial charge in [-0.15, -0.1) is 0 Å². The number of rotatable bonds is 4. The molecule has 3 atom stereocenters. The second kappa shape index (κ2) is 9.08. The van der Waals surface area contributed by atoms with Gasteiger partial charge in [0, 0.05) is 12.2 Å². The van der Waals surface area contributed by atoms with Crippen molar-refractivity contribution in [1.82, 2.24) is 9.97 Å². The lowest BCUT2D eigenvalue weighted by Crippen LogP contribution is -2.31. The summed E-state index contributed by atoms with van der Waals surface area (Å²) in [5.41, 5.74) is 6.26. The van der Waals surface area contributed by atoms with Crippen LogP contribution >= 0.6 is 0 Å². The second-order valence-electron chi connectivity index (χ2n) is 8.31. The average molecular weight is 440 g/mol. The summed E-state index contributed by atoms with van der Waals surface area (Å²) in [7, 11) is 0. The number of carbonyl (C=O) groups is 1. The van der Waals surface area contributed by atoms with E-state index in [9.17, 15) is 18.0 Å². The van der Waals surface area contributed by atoms with E-state index in [0.29, 0.717) is 11.6 Å². The highest BCUT2D eigenvalue weighted by molar-refractivity contribution is 6.03. The molecule has 1 aliphatic rings. The van der Waals surface area contributed by atoms with Crippen molar-refractivity contribution in [2.45, 2.75) is 38.1 Å². The van der Waals surface area contributed by atoms with Crippen molar-refractivity contribution in [3.05, 3.63) is 77.5 Å². The van der Waals surface area contributed by atoms with Crippen LogP contribution in [0.2, 0.25) is 0 Å². The van der Waals surface area contributed by atoms with E-state index in [-0.39, 0.29) is 17.7 Å². The molecule has 0 unspecified atom stereocenters. The third-order valence-electron chi connectivity index (χ3n) is 5.80. The Morgan fingerprint density at radius 1 is 1.03 bits per heavy atom. The molecule has 4 rings (SSSR count). The number of halogens is 3. The van der Waals surface area contributed by atoms with Crippen LogP contribution in [0.15, 0.2) is 48.8 Å². The Morgan fingerprint density at radius 2 is 1.78 bits per heavy atom. The zero-order valence-electron chi connectivity index (χ0n) is 17.5. The smallest absolute Gasteiger partial charge is 0.274 e. The molecule has 32 heavy (non-hydrogen) atoms. The number of nitrogens with zero attached hydrogens (tertiary/aromatic N) is 2. The molecule has 0 spiro atoms. The lowest BCUT2D eigenvalue weighted by atomic mass is 9.76. The van der Waals surface area contributed by atoms with Crippen LogP contribution in [-0.4, -0.2) is 21.9 Å². The van der Waals surface area contributed by atoms with Crippen LogP contribution in [0.5, 0.6) is 0 Å². The molecule has 0 aliphatic heterocycles. The fraction of sp³-hybridized carbons (Fsp3) is 0.292. The van der Waals surface area contributed by atoms with Gasteiger partial charge in [-0.05, 0) is 67.0 Å². The number of hydrogen-bond donors (Lipinski definition) is 2. The van der Waals surface area contributed by atoms with Crippen molar-refractivity contribution in [2.75, 3.05) is 5.32 Å².